The van der Waals surface area contributed by atoms with Crippen LogP contribution in [0.4, 0.5) is 5.69 Å². The smallest absolute Gasteiger partial charge is 0.255 e. The molecule has 0 atom stereocenters. The lowest BCUT2D eigenvalue weighted by atomic mass is 10.1. The third-order valence-electron chi connectivity index (χ3n) is 3.04. The highest BCUT2D eigenvalue weighted by atomic mass is 32.1. The maximum Gasteiger partial charge on any atom is 0.255 e. The van der Waals surface area contributed by atoms with E-state index in [0.29, 0.717) is 22.3 Å². The topological polar surface area (TPSA) is 72.0 Å². The van der Waals surface area contributed by atoms with E-state index in [4.69, 9.17) is 0 Å². The van der Waals surface area contributed by atoms with E-state index in [9.17, 15) is 9.59 Å². The summed E-state index contributed by atoms with van der Waals surface area (Å²) in [7, 11) is 0. The van der Waals surface area contributed by atoms with Crippen LogP contribution < -0.4 is 5.32 Å². The molecule has 0 fully saturated rings. The van der Waals surface area contributed by atoms with E-state index in [2.05, 4.69) is 14.1 Å². The van der Waals surface area contributed by atoms with Crippen molar-refractivity contribution in [1.29, 1.82) is 0 Å². The predicted molar refractivity (Wildman–Crippen MR) is 81.8 cm³/mol. The van der Waals surface area contributed by atoms with Crippen LogP contribution in [0.2, 0.25) is 0 Å². The molecule has 0 unspecified atom stereocenters. The zero-order chi connectivity index (χ0) is 14.8. The van der Waals surface area contributed by atoms with Gasteiger partial charge >= 0.3 is 0 Å². The Morgan fingerprint density at radius 3 is 2.62 bits per heavy atom. The van der Waals surface area contributed by atoms with Crippen LogP contribution in [0.5, 0.6) is 0 Å². The van der Waals surface area contributed by atoms with Gasteiger partial charge in [-0.1, -0.05) is 12.1 Å². The van der Waals surface area contributed by atoms with Gasteiger partial charge in [-0.15, -0.1) is 0 Å². The van der Waals surface area contributed by atoms with Crippen molar-refractivity contribution in [2.24, 2.45) is 0 Å². The molecule has 0 saturated carbocycles. The average Bonchev–Trinajstić information content (AvgIpc) is 2.94. The summed E-state index contributed by atoms with van der Waals surface area (Å²) in [4.78, 5) is 23.6. The molecule has 0 spiro atoms. The molecule has 21 heavy (non-hydrogen) atoms. The molecule has 0 aliphatic rings. The molecular weight excluding hydrogens is 286 g/mol. The number of nitrogens with zero attached hydrogens (tertiary/aromatic N) is 2. The maximum atomic E-state index is 12.2. The molecule has 1 aromatic heterocycles. The lowest BCUT2D eigenvalue weighted by Gasteiger charge is -2.06. The third kappa shape index (κ3) is 2.80. The van der Waals surface area contributed by atoms with Gasteiger partial charge in [-0.3, -0.25) is 9.59 Å². The maximum absolute atomic E-state index is 12.2. The van der Waals surface area contributed by atoms with Gasteiger partial charge in [0, 0.05) is 16.8 Å². The normalized spacial score (nSPS) is 10.5. The van der Waals surface area contributed by atoms with Gasteiger partial charge in [0.05, 0.1) is 11.7 Å². The average molecular weight is 297 g/mol. The minimum absolute atomic E-state index is 0.0407. The number of rotatable bonds is 3. The number of carbonyl (C=O) groups is 2. The lowest BCUT2D eigenvalue weighted by Crippen LogP contribution is -2.12. The highest BCUT2D eigenvalue weighted by molar-refractivity contribution is 7.00. The van der Waals surface area contributed by atoms with Crippen LogP contribution in [-0.2, 0) is 0 Å². The summed E-state index contributed by atoms with van der Waals surface area (Å²) in [6, 6.07) is 12.0. The van der Waals surface area contributed by atoms with Crippen molar-refractivity contribution in [2.45, 2.75) is 6.92 Å². The number of anilines is 1. The van der Waals surface area contributed by atoms with Crippen molar-refractivity contribution in [1.82, 2.24) is 8.75 Å². The second-order valence-electron chi connectivity index (χ2n) is 4.56. The first-order chi connectivity index (χ1) is 10.1. The second-order valence-corrected chi connectivity index (χ2v) is 5.09. The number of carbonyl (C=O) groups excluding carboxylic acids is 2. The van der Waals surface area contributed by atoms with Gasteiger partial charge in [-0.25, -0.2) is 0 Å². The minimum atomic E-state index is -0.245. The van der Waals surface area contributed by atoms with Gasteiger partial charge in [0.1, 0.15) is 11.0 Å². The molecule has 0 bridgehead atoms. The van der Waals surface area contributed by atoms with Crippen molar-refractivity contribution in [2.75, 3.05) is 5.32 Å². The lowest BCUT2D eigenvalue weighted by molar-refractivity contribution is 0.101. The number of amides is 1. The molecule has 5 nitrogen and oxygen atoms in total. The fourth-order valence-corrected chi connectivity index (χ4v) is 2.46. The first-order valence-electron chi connectivity index (χ1n) is 6.28. The molecular formula is C15H11N3O2S. The van der Waals surface area contributed by atoms with E-state index in [1.165, 1.54) is 6.92 Å². The Kier molecular flexibility index (Phi) is 3.45. The van der Waals surface area contributed by atoms with E-state index in [0.717, 1.165) is 17.2 Å². The SMILES string of the molecule is CC(=O)c1cccc(NC(=O)c2ccc3nsnc3c2)c1. The quantitative estimate of drug-likeness (QED) is 0.754. The van der Waals surface area contributed by atoms with E-state index in [1.54, 1.807) is 42.5 Å². The zero-order valence-corrected chi connectivity index (χ0v) is 12.0. The van der Waals surface area contributed by atoms with Gasteiger partial charge in [0.15, 0.2) is 5.78 Å². The Bertz CT molecular complexity index is 842. The Balaban J connectivity index is 1.85. The van der Waals surface area contributed by atoms with Gasteiger partial charge in [0.2, 0.25) is 0 Å². The summed E-state index contributed by atoms with van der Waals surface area (Å²) in [5, 5.41) is 2.77. The van der Waals surface area contributed by atoms with Crippen molar-refractivity contribution < 1.29 is 9.59 Å². The number of nitrogens with one attached hydrogen (secondary N) is 1. The number of hydrogen-bond acceptors (Lipinski definition) is 5. The standard InChI is InChI=1S/C15H11N3O2S/c1-9(19)10-3-2-4-12(7-10)16-15(20)11-5-6-13-14(8-11)18-21-17-13/h2-8H,1H3,(H,16,20). The number of ketones is 1. The van der Waals surface area contributed by atoms with Crippen LogP contribution in [-0.4, -0.2) is 20.4 Å². The second kappa shape index (κ2) is 5.41. The first-order valence-corrected chi connectivity index (χ1v) is 7.01. The Labute approximate surface area is 124 Å². The van der Waals surface area contributed by atoms with Gasteiger partial charge in [0.25, 0.3) is 5.91 Å². The number of Topliss-reactive ketones (excluding diaryl/α,β-unsaturated/α-hetero) is 1. The van der Waals surface area contributed by atoms with E-state index in [1.807, 2.05) is 0 Å². The Morgan fingerprint density at radius 1 is 1.00 bits per heavy atom. The largest absolute Gasteiger partial charge is 0.322 e. The van der Waals surface area contributed by atoms with E-state index >= 15 is 0 Å². The van der Waals surface area contributed by atoms with E-state index < -0.39 is 0 Å². The van der Waals surface area contributed by atoms with Crippen molar-refractivity contribution in [3.05, 3.63) is 53.6 Å². The van der Waals surface area contributed by atoms with Gasteiger partial charge in [-0.05, 0) is 37.3 Å². The molecule has 0 radical (unpaired) electrons. The van der Waals surface area contributed by atoms with Gasteiger partial charge in [-0.2, -0.15) is 8.75 Å². The van der Waals surface area contributed by atoms with Crippen molar-refractivity contribution >= 4 is 40.1 Å². The monoisotopic (exact) mass is 297 g/mol. The zero-order valence-electron chi connectivity index (χ0n) is 11.2. The fraction of sp³-hybridized carbons (Fsp3) is 0.0667. The molecule has 2 aromatic carbocycles. The summed E-state index contributed by atoms with van der Waals surface area (Å²) in [6.07, 6.45) is 0. The fourth-order valence-electron chi connectivity index (χ4n) is 1.94. The number of aromatic nitrogens is 2. The van der Waals surface area contributed by atoms with Crippen LogP contribution >= 0.6 is 11.7 Å². The molecule has 3 aromatic rings. The summed E-state index contributed by atoms with van der Waals surface area (Å²) in [5.41, 5.74) is 3.12. The van der Waals surface area contributed by atoms with Crippen LogP contribution in [0, 0.1) is 0 Å². The molecule has 0 saturated heterocycles. The summed E-state index contributed by atoms with van der Waals surface area (Å²) < 4.78 is 8.21. The van der Waals surface area contributed by atoms with Crippen LogP contribution in [0.15, 0.2) is 42.5 Å². The molecule has 0 aliphatic heterocycles. The molecule has 1 heterocycles. The first kappa shape index (κ1) is 13.4. The molecule has 104 valence electrons. The van der Waals surface area contributed by atoms with E-state index in [-0.39, 0.29) is 11.7 Å². The highest BCUT2D eigenvalue weighted by Crippen LogP contribution is 2.16. The number of benzene rings is 2. The third-order valence-corrected chi connectivity index (χ3v) is 3.60. The Morgan fingerprint density at radius 2 is 1.81 bits per heavy atom. The molecule has 6 heteroatoms. The van der Waals surface area contributed by atoms with Crippen LogP contribution in [0.25, 0.3) is 11.0 Å². The Hall–Kier alpha value is -2.60. The van der Waals surface area contributed by atoms with Gasteiger partial charge < -0.3 is 5.32 Å². The molecule has 1 N–H and O–H groups in total. The highest BCUT2D eigenvalue weighted by Gasteiger charge is 2.09. The summed E-state index contributed by atoms with van der Waals surface area (Å²) >= 11 is 1.11. The summed E-state index contributed by atoms with van der Waals surface area (Å²) in [5.74, 6) is -0.285. The molecule has 0 aliphatic carbocycles. The minimum Gasteiger partial charge on any atom is -0.322 e. The predicted octanol–water partition coefficient (Wildman–Crippen LogP) is 3.15. The number of fused-ring (bicyclic) bond motifs is 1. The molecule has 3 rings (SSSR count). The summed E-state index contributed by atoms with van der Waals surface area (Å²) in [6.45, 7) is 1.49. The number of hydrogen-bond donors (Lipinski definition) is 1. The van der Waals surface area contributed by atoms with Crippen LogP contribution in [0.3, 0.4) is 0 Å². The van der Waals surface area contributed by atoms with Crippen molar-refractivity contribution in [3.63, 3.8) is 0 Å². The van der Waals surface area contributed by atoms with Crippen LogP contribution in [0.1, 0.15) is 27.6 Å². The van der Waals surface area contributed by atoms with Crippen molar-refractivity contribution in [3.8, 4) is 0 Å². The molecule has 1 amide bonds.